The van der Waals surface area contributed by atoms with E-state index in [0.717, 1.165) is 30.5 Å². The zero-order valence-electron chi connectivity index (χ0n) is 14.8. The molecule has 0 bridgehead atoms. The van der Waals surface area contributed by atoms with E-state index in [-0.39, 0.29) is 0 Å². The standard InChI is InChI=1S/C18H37N3/c1-5-15-9-10-18(19-6-2)16(12-15)13-21-11-7-8-17(14-21)20(3)4/h15-19H,5-14H2,1-4H3. The highest BCUT2D eigenvalue weighted by atomic mass is 15.2. The van der Waals surface area contributed by atoms with Crippen LogP contribution in [0.2, 0.25) is 0 Å². The lowest BCUT2D eigenvalue weighted by Crippen LogP contribution is -2.50. The molecule has 0 radical (unpaired) electrons. The molecule has 1 aliphatic heterocycles. The average molecular weight is 296 g/mol. The Balaban J connectivity index is 1.90. The van der Waals surface area contributed by atoms with E-state index in [1.807, 2.05) is 0 Å². The molecule has 124 valence electrons. The normalized spacial score (nSPS) is 35.3. The summed E-state index contributed by atoms with van der Waals surface area (Å²) in [5.41, 5.74) is 0. The van der Waals surface area contributed by atoms with E-state index in [1.165, 1.54) is 58.2 Å². The van der Waals surface area contributed by atoms with Crippen LogP contribution >= 0.6 is 0 Å². The number of hydrogen-bond donors (Lipinski definition) is 1. The summed E-state index contributed by atoms with van der Waals surface area (Å²) in [7, 11) is 4.48. The molecule has 1 heterocycles. The van der Waals surface area contributed by atoms with Gasteiger partial charge >= 0.3 is 0 Å². The van der Waals surface area contributed by atoms with Crippen molar-refractivity contribution in [3.05, 3.63) is 0 Å². The first-order valence-electron chi connectivity index (χ1n) is 9.26. The highest BCUT2D eigenvalue weighted by molar-refractivity contribution is 4.88. The van der Waals surface area contributed by atoms with Gasteiger partial charge in [-0.2, -0.15) is 0 Å². The van der Waals surface area contributed by atoms with Crippen molar-refractivity contribution in [2.75, 3.05) is 40.3 Å². The van der Waals surface area contributed by atoms with Crippen LogP contribution in [-0.4, -0.2) is 62.2 Å². The van der Waals surface area contributed by atoms with Crippen molar-refractivity contribution >= 4 is 0 Å². The Kier molecular flexibility index (Phi) is 6.97. The minimum atomic E-state index is 0.762. The predicted octanol–water partition coefficient (Wildman–Crippen LogP) is 2.82. The van der Waals surface area contributed by atoms with Crippen LogP contribution in [0, 0.1) is 11.8 Å². The summed E-state index contributed by atoms with van der Waals surface area (Å²) in [6, 6.07) is 1.53. The Morgan fingerprint density at radius 3 is 2.62 bits per heavy atom. The van der Waals surface area contributed by atoms with Gasteiger partial charge in [0.05, 0.1) is 0 Å². The number of likely N-dealkylation sites (tertiary alicyclic amines) is 1. The Morgan fingerprint density at radius 1 is 1.14 bits per heavy atom. The molecule has 1 saturated heterocycles. The lowest BCUT2D eigenvalue weighted by Gasteiger charge is -2.42. The third kappa shape index (κ3) is 4.94. The van der Waals surface area contributed by atoms with Gasteiger partial charge in [-0.25, -0.2) is 0 Å². The van der Waals surface area contributed by atoms with Gasteiger partial charge in [-0.3, -0.25) is 0 Å². The van der Waals surface area contributed by atoms with Gasteiger partial charge in [0.2, 0.25) is 0 Å². The third-order valence-electron chi connectivity index (χ3n) is 5.84. The van der Waals surface area contributed by atoms with Crippen molar-refractivity contribution in [2.45, 2.75) is 64.5 Å². The zero-order valence-corrected chi connectivity index (χ0v) is 14.8. The molecular weight excluding hydrogens is 258 g/mol. The second-order valence-corrected chi connectivity index (χ2v) is 7.53. The van der Waals surface area contributed by atoms with E-state index in [1.54, 1.807) is 0 Å². The molecule has 3 heteroatoms. The molecule has 4 atom stereocenters. The Labute approximate surface area is 132 Å². The van der Waals surface area contributed by atoms with Gasteiger partial charge in [-0.05, 0) is 71.1 Å². The second-order valence-electron chi connectivity index (χ2n) is 7.53. The first-order valence-corrected chi connectivity index (χ1v) is 9.26. The van der Waals surface area contributed by atoms with Crippen LogP contribution in [0.15, 0.2) is 0 Å². The lowest BCUT2D eigenvalue weighted by molar-refractivity contribution is 0.0884. The maximum Gasteiger partial charge on any atom is 0.0217 e. The third-order valence-corrected chi connectivity index (χ3v) is 5.84. The molecule has 21 heavy (non-hydrogen) atoms. The maximum absolute atomic E-state index is 3.77. The summed E-state index contributed by atoms with van der Waals surface area (Å²) in [4.78, 5) is 5.17. The van der Waals surface area contributed by atoms with E-state index in [2.05, 4.69) is 43.1 Å². The monoisotopic (exact) mass is 295 g/mol. The van der Waals surface area contributed by atoms with E-state index in [4.69, 9.17) is 0 Å². The van der Waals surface area contributed by atoms with Crippen molar-refractivity contribution in [2.24, 2.45) is 11.8 Å². The highest BCUT2D eigenvalue weighted by Crippen LogP contribution is 2.32. The molecule has 1 N–H and O–H groups in total. The fourth-order valence-corrected chi connectivity index (χ4v) is 4.41. The minimum Gasteiger partial charge on any atom is -0.314 e. The number of nitrogens with one attached hydrogen (secondary N) is 1. The van der Waals surface area contributed by atoms with Crippen molar-refractivity contribution in [1.29, 1.82) is 0 Å². The minimum absolute atomic E-state index is 0.762. The molecule has 1 aliphatic carbocycles. The molecule has 0 spiro atoms. The summed E-state index contributed by atoms with van der Waals surface area (Å²) >= 11 is 0. The molecule has 0 aromatic heterocycles. The summed E-state index contributed by atoms with van der Waals surface area (Å²) in [5.74, 6) is 1.84. The molecular formula is C18H37N3. The first-order chi connectivity index (χ1) is 10.1. The quantitative estimate of drug-likeness (QED) is 0.813. The summed E-state index contributed by atoms with van der Waals surface area (Å²) in [6.45, 7) is 9.66. The molecule has 0 aromatic rings. The number of piperidine rings is 1. The number of hydrogen-bond acceptors (Lipinski definition) is 3. The van der Waals surface area contributed by atoms with Crippen molar-refractivity contribution < 1.29 is 0 Å². The second kappa shape index (κ2) is 8.50. The van der Waals surface area contributed by atoms with Crippen molar-refractivity contribution in [3.8, 4) is 0 Å². The van der Waals surface area contributed by atoms with E-state index < -0.39 is 0 Å². The topological polar surface area (TPSA) is 18.5 Å². The van der Waals surface area contributed by atoms with Crippen LogP contribution in [0.25, 0.3) is 0 Å². The van der Waals surface area contributed by atoms with Gasteiger partial charge < -0.3 is 15.1 Å². The Hall–Kier alpha value is -0.120. The first kappa shape index (κ1) is 17.2. The van der Waals surface area contributed by atoms with Gasteiger partial charge in [0.25, 0.3) is 0 Å². The smallest absolute Gasteiger partial charge is 0.0217 e. The van der Waals surface area contributed by atoms with Gasteiger partial charge in [0, 0.05) is 25.2 Å². The summed E-state index contributed by atoms with van der Waals surface area (Å²) in [6.07, 6.45) is 8.39. The number of nitrogens with zero attached hydrogens (tertiary/aromatic N) is 2. The Bertz CT molecular complexity index is 292. The lowest BCUT2D eigenvalue weighted by atomic mass is 9.76. The summed E-state index contributed by atoms with van der Waals surface area (Å²) < 4.78 is 0. The molecule has 3 nitrogen and oxygen atoms in total. The largest absolute Gasteiger partial charge is 0.314 e. The van der Waals surface area contributed by atoms with Gasteiger partial charge in [-0.15, -0.1) is 0 Å². The highest BCUT2D eigenvalue weighted by Gasteiger charge is 2.32. The van der Waals surface area contributed by atoms with Crippen LogP contribution in [0.3, 0.4) is 0 Å². The zero-order chi connectivity index (χ0) is 15.2. The van der Waals surface area contributed by atoms with E-state index in [0.29, 0.717) is 0 Å². The average Bonchev–Trinajstić information content (AvgIpc) is 2.49. The van der Waals surface area contributed by atoms with Crippen LogP contribution in [-0.2, 0) is 0 Å². The predicted molar refractivity (Wildman–Crippen MR) is 91.7 cm³/mol. The molecule has 2 fully saturated rings. The van der Waals surface area contributed by atoms with Gasteiger partial charge in [0.15, 0.2) is 0 Å². The molecule has 2 rings (SSSR count). The van der Waals surface area contributed by atoms with Crippen LogP contribution in [0.1, 0.15) is 52.4 Å². The number of rotatable bonds is 6. The van der Waals surface area contributed by atoms with Crippen molar-refractivity contribution in [1.82, 2.24) is 15.1 Å². The maximum atomic E-state index is 3.77. The molecule has 4 unspecified atom stereocenters. The molecule has 2 aliphatic rings. The van der Waals surface area contributed by atoms with Crippen LogP contribution in [0.4, 0.5) is 0 Å². The molecule has 1 saturated carbocycles. The Morgan fingerprint density at radius 2 is 1.95 bits per heavy atom. The SMILES string of the molecule is CCNC1CCC(CC)CC1CN1CCCC(N(C)C)C1. The molecule has 0 aromatic carbocycles. The fourth-order valence-electron chi connectivity index (χ4n) is 4.41. The van der Waals surface area contributed by atoms with Gasteiger partial charge in [0.1, 0.15) is 0 Å². The van der Waals surface area contributed by atoms with E-state index in [9.17, 15) is 0 Å². The number of likely N-dealkylation sites (N-methyl/N-ethyl adjacent to an activating group) is 1. The van der Waals surface area contributed by atoms with E-state index >= 15 is 0 Å². The summed E-state index contributed by atoms with van der Waals surface area (Å²) in [5, 5.41) is 3.77. The molecule has 0 amide bonds. The fraction of sp³-hybridized carbons (Fsp3) is 1.00. The van der Waals surface area contributed by atoms with Crippen LogP contribution in [0.5, 0.6) is 0 Å². The van der Waals surface area contributed by atoms with Crippen LogP contribution < -0.4 is 5.32 Å². The van der Waals surface area contributed by atoms with Crippen molar-refractivity contribution in [3.63, 3.8) is 0 Å². The van der Waals surface area contributed by atoms with Gasteiger partial charge in [-0.1, -0.05) is 20.3 Å².